The Labute approximate surface area is 100 Å². The van der Waals surface area contributed by atoms with Gasteiger partial charge >= 0.3 is 0 Å². The van der Waals surface area contributed by atoms with E-state index < -0.39 is 13.0 Å². The molecule has 2 N–H and O–H groups in total. The number of halogens is 2. The zero-order valence-electron chi connectivity index (χ0n) is 10.1. The van der Waals surface area contributed by atoms with Crippen molar-refractivity contribution in [1.82, 2.24) is 4.90 Å². The molecule has 0 radical (unpaired) electrons. The zero-order chi connectivity index (χ0) is 12.8. The fraction of sp³-hybridized carbons (Fsp3) is 0.909. The molecule has 1 rings (SSSR count). The van der Waals surface area contributed by atoms with Gasteiger partial charge in [-0.1, -0.05) is 0 Å². The number of hydrogen-bond donors (Lipinski definition) is 1. The van der Waals surface area contributed by atoms with E-state index in [4.69, 9.17) is 10.5 Å². The van der Waals surface area contributed by atoms with Crippen LogP contribution in [0.25, 0.3) is 0 Å². The normalized spacial score (nSPS) is 25.4. The zero-order valence-corrected chi connectivity index (χ0v) is 10.1. The molecular weight excluding hydrogens is 230 g/mol. The third-order valence-electron chi connectivity index (χ3n) is 2.94. The second kappa shape index (κ2) is 6.86. The van der Waals surface area contributed by atoms with Crippen molar-refractivity contribution in [3.8, 4) is 0 Å². The number of ether oxygens (including phenoxy) is 1. The molecule has 0 aromatic heterocycles. The number of hydrogen-bond acceptors (Lipinski definition) is 3. The van der Waals surface area contributed by atoms with Crippen molar-refractivity contribution in [3.63, 3.8) is 0 Å². The molecule has 2 unspecified atom stereocenters. The lowest BCUT2D eigenvalue weighted by atomic mass is 9.99. The third kappa shape index (κ3) is 4.95. The Hall–Kier alpha value is -0.750. The molecule has 1 saturated heterocycles. The van der Waals surface area contributed by atoms with Gasteiger partial charge in [-0.05, 0) is 19.8 Å². The van der Waals surface area contributed by atoms with E-state index in [9.17, 15) is 13.6 Å². The van der Waals surface area contributed by atoms with Crippen LogP contribution in [-0.2, 0) is 9.53 Å². The first kappa shape index (κ1) is 14.3. The van der Waals surface area contributed by atoms with E-state index in [0.717, 1.165) is 12.8 Å². The second-order valence-corrected chi connectivity index (χ2v) is 4.44. The fourth-order valence-electron chi connectivity index (χ4n) is 2.05. The molecule has 0 bridgehead atoms. The Bertz CT molecular complexity index is 252. The maximum atomic E-state index is 11.8. The van der Waals surface area contributed by atoms with Gasteiger partial charge in [0.15, 0.2) is 0 Å². The Morgan fingerprint density at radius 2 is 2.29 bits per heavy atom. The first-order valence-electron chi connectivity index (χ1n) is 5.91. The molecule has 0 saturated carbocycles. The van der Waals surface area contributed by atoms with Crippen molar-refractivity contribution in [2.45, 2.75) is 44.7 Å². The van der Waals surface area contributed by atoms with Gasteiger partial charge in [-0.15, -0.1) is 0 Å². The van der Waals surface area contributed by atoms with E-state index in [2.05, 4.69) is 0 Å². The summed E-state index contributed by atoms with van der Waals surface area (Å²) in [6.07, 6.45) is -0.721. The number of carbonyl (C=O) groups is 1. The smallest absolute Gasteiger partial charge is 0.261 e. The molecule has 1 amide bonds. The quantitative estimate of drug-likeness (QED) is 0.740. The molecule has 0 aliphatic carbocycles. The van der Waals surface area contributed by atoms with Crippen molar-refractivity contribution < 1.29 is 18.3 Å². The van der Waals surface area contributed by atoms with Gasteiger partial charge in [-0.2, -0.15) is 0 Å². The first-order valence-corrected chi connectivity index (χ1v) is 5.91. The van der Waals surface area contributed by atoms with Gasteiger partial charge < -0.3 is 15.4 Å². The second-order valence-electron chi connectivity index (χ2n) is 4.44. The largest absolute Gasteiger partial charge is 0.375 e. The van der Waals surface area contributed by atoms with E-state index in [1.54, 1.807) is 4.90 Å². The number of rotatable bonds is 5. The first-order chi connectivity index (χ1) is 8.00. The Balaban J connectivity index is 2.23. The topological polar surface area (TPSA) is 55.6 Å². The highest BCUT2D eigenvalue weighted by atomic mass is 19.3. The Morgan fingerprint density at radius 1 is 1.59 bits per heavy atom. The lowest BCUT2D eigenvalue weighted by Crippen LogP contribution is -2.48. The number of alkyl halides is 2. The van der Waals surface area contributed by atoms with E-state index in [1.807, 2.05) is 6.92 Å². The van der Waals surface area contributed by atoms with E-state index in [0.29, 0.717) is 6.54 Å². The SMILES string of the molecule is CC1CC(N)CCN1C(=O)CCOCC(F)F. The maximum absolute atomic E-state index is 11.8. The highest BCUT2D eigenvalue weighted by Gasteiger charge is 2.26. The number of piperidine rings is 1. The molecule has 6 heteroatoms. The van der Waals surface area contributed by atoms with Crippen LogP contribution in [0.4, 0.5) is 8.78 Å². The summed E-state index contributed by atoms with van der Waals surface area (Å²) in [6.45, 7) is 2.05. The van der Waals surface area contributed by atoms with E-state index in [-0.39, 0.29) is 31.0 Å². The lowest BCUT2D eigenvalue weighted by molar-refractivity contribution is -0.136. The Kier molecular flexibility index (Phi) is 5.77. The highest BCUT2D eigenvalue weighted by molar-refractivity contribution is 5.76. The molecule has 2 atom stereocenters. The van der Waals surface area contributed by atoms with Crippen molar-refractivity contribution in [3.05, 3.63) is 0 Å². The van der Waals surface area contributed by atoms with Crippen LogP contribution in [-0.4, -0.2) is 49.1 Å². The van der Waals surface area contributed by atoms with Crippen LogP contribution in [0.1, 0.15) is 26.2 Å². The average molecular weight is 250 g/mol. The van der Waals surface area contributed by atoms with Gasteiger partial charge in [0.2, 0.25) is 5.91 Å². The minimum absolute atomic E-state index is 0.0429. The summed E-state index contributed by atoms with van der Waals surface area (Å²) >= 11 is 0. The molecule has 1 aliphatic rings. The molecule has 100 valence electrons. The van der Waals surface area contributed by atoms with Gasteiger partial charge in [0.1, 0.15) is 6.61 Å². The summed E-state index contributed by atoms with van der Waals surface area (Å²) in [4.78, 5) is 13.5. The number of carbonyl (C=O) groups excluding carboxylic acids is 1. The van der Waals surface area contributed by atoms with Crippen LogP contribution in [0.5, 0.6) is 0 Å². The number of amides is 1. The van der Waals surface area contributed by atoms with Gasteiger partial charge in [0.25, 0.3) is 6.43 Å². The molecule has 17 heavy (non-hydrogen) atoms. The molecule has 1 fully saturated rings. The molecule has 1 aliphatic heterocycles. The summed E-state index contributed by atoms with van der Waals surface area (Å²) < 4.78 is 28.3. The molecular formula is C11H20F2N2O2. The standard InChI is InChI=1S/C11H20F2N2O2/c1-8-6-9(14)2-4-15(8)11(16)3-5-17-7-10(12)13/h8-10H,2-7,14H2,1H3. The predicted octanol–water partition coefficient (Wildman–Crippen LogP) is 0.996. The Morgan fingerprint density at radius 3 is 2.88 bits per heavy atom. The molecule has 4 nitrogen and oxygen atoms in total. The number of nitrogens with two attached hydrogens (primary N) is 1. The van der Waals surface area contributed by atoms with Crippen molar-refractivity contribution in [2.75, 3.05) is 19.8 Å². The van der Waals surface area contributed by atoms with Crippen molar-refractivity contribution in [2.24, 2.45) is 5.73 Å². The molecule has 1 heterocycles. The molecule has 0 aromatic rings. The monoisotopic (exact) mass is 250 g/mol. The van der Waals surface area contributed by atoms with Crippen LogP contribution in [0, 0.1) is 0 Å². The van der Waals surface area contributed by atoms with Crippen LogP contribution in [0.3, 0.4) is 0 Å². The molecule has 0 aromatic carbocycles. The summed E-state index contributed by atoms with van der Waals surface area (Å²) in [7, 11) is 0. The number of likely N-dealkylation sites (tertiary alicyclic amines) is 1. The summed E-state index contributed by atoms with van der Waals surface area (Å²) in [6, 6.07) is 0.283. The van der Waals surface area contributed by atoms with Gasteiger partial charge in [-0.3, -0.25) is 4.79 Å². The van der Waals surface area contributed by atoms with E-state index >= 15 is 0 Å². The summed E-state index contributed by atoms with van der Waals surface area (Å²) in [5, 5.41) is 0. The van der Waals surface area contributed by atoms with E-state index in [1.165, 1.54) is 0 Å². The predicted molar refractivity (Wildman–Crippen MR) is 59.8 cm³/mol. The summed E-state index contributed by atoms with van der Waals surface area (Å²) in [5.74, 6) is -0.0429. The van der Waals surface area contributed by atoms with Crippen molar-refractivity contribution >= 4 is 5.91 Å². The van der Waals surface area contributed by atoms with Crippen LogP contribution < -0.4 is 5.73 Å². The lowest BCUT2D eigenvalue weighted by Gasteiger charge is -2.36. The van der Waals surface area contributed by atoms with Crippen molar-refractivity contribution in [1.29, 1.82) is 0 Å². The average Bonchev–Trinajstić information content (AvgIpc) is 2.23. The number of nitrogens with zero attached hydrogens (tertiary/aromatic N) is 1. The highest BCUT2D eigenvalue weighted by Crippen LogP contribution is 2.16. The van der Waals surface area contributed by atoms with Crippen LogP contribution >= 0.6 is 0 Å². The minimum Gasteiger partial charge on any atom is -0.375 e. The third-order valence-corrected chi connectivity index (χ3v) is 2.94. The summed E-state index contributed by atoms with van der Waals surface area (Å²) in [5.41, 5.74) is 5.80. The minimum atomic E-state index is -2.47. The molecule has 0 spiro atoms. The van der Waals surface area contributed by atoms with Gasteiger partial charge in [0, 0.05) is 18.6 Å². The van der Waals surface area contributed by atoms with Gasteiger partial charge in [0.05, 0.1) is 13.0 Å². The van der Waals surface area contributed by atoms with Gasteiger partial charge in [-0.25, -0.2) is 8.78 Å². The van der Waals surface area contributed by atoms with Crippen LogP contribution in [0.2, 0.25) is 0 Å². The fourth-order valence-corrected chi connectivity index (χ4v) is 2.05. The van der Waals surface area contributed by atoms with Crippen LogP contribution in [0.15, 0.2) is 0 Å². The maximum Gasteiger partial charge on any atom is 0.261 e.